The number of hydrogen-bond acceptors (Lipinski definition) is 5. The van der Waals surface area contributed by atoms with Crippen LogP contribution in [0, 0.1) is 6.92 Å². The monoisotopic (exact) mass is 428 g/mol. The smallest absolute Gasteiger partial charge is 0.338 e. The number of aromatic amines is 1. The van der Waals surface area contributed by atoms with Gasteiger partial charge in [-0.3, -0.25) is 4.79 Å². The molecule has 158 valence electrons. The van der Waals surface area contributed by atoms with E-state index in [1.165, 1.54) is 18.2 Å². The van der Waals surface area contributed by atoms with Crippen LogP contribution in [0.15, 0.2) is 47.5 Å². The molecule has 1 aromatic heterocycles. The van der Waals surface area contributed by atoms with Crippen LogP contribution in [0.25, 0.3) is 10.9 Å². The first-order valence-corrected chi connectivity index (χ1v) is 11.2. The fourth-order valence-corrected chi connectivity index (χ4v) is 4.36. The Bertz CT molecular complexity index is 1210. The molecule has 3 rings (SSSR count). The van der Waals surface area contributed by atoms with Gasteiger partial charge in [0, 0.05) is 29.2 Å². The maximum absolute atomic E-state index is 12.6. The van der Waals surface area contributed by atoms with Gasteiger partial charge in [-0.2, -0.15) is 0 Å². The number of para-hydroxylation sites is 1. The number of esters is 1. The van der Waals surface area contributed by atoms with Crippen LogP contribution in [0.4, 0.5) is 0 Å². The van der Waals surface area contributed by atoms with Crippen molar-refractivity contribution < 1.29 is 22.7 Å². The summed E-state index contributed by atoms with van der Waals surface area (Å²) < 4.78 is 32.0. The van der Waals surface area contributed by atoms with Crippen molar-refractivity contribution in [3.8, 4) is 0 Å². The van der Waals surface area contributed by atoms with E-state index in [9.17, 15) is 18.0 Å². The molecule has 0 radical (unpaired) electrons. The van der Waals surface area contributed by atoms with Crippen LogP contribution in [0.3, 0.4) is 0 Å². The average Bonchev–Trinajstić information content (AvgIpc) is 3.16. The van der Waals surface area contributed by atoms with Gasteiger partial charge in [-0.15, -0.1) is 0 Å². The summed E-state index contributed by atoms with van der Waals surface area (Å²) in [5.41, 5.74) is 3.11. The van der Waals surface area contributed by atoms with Crippen molar-refractivity contribution in [3.63, 3.8) is 0 Å². The Morgan fingerprint density at radius 3 is 2.57 bits per heavy atom. The van der Waals surface area contributed by atoms with Gasteiger partial charge < -0.3 is 9.72 Å². The van der Waals surface area contributed by atoms with E-state index in [0.717, 1.165) is 22.9 Å². The van der Waals surface area contributed by atoms with E-state index in [0.29, 0.717) is 11.1 Å². The predicted molar refractivity (Wildman–Crippen MR) is 114 cm³/mol. The first-order valence-electron chi connectivity index (χ1n) is 9.68. The van der Waals surface area contributed by atoms with E-state index in [2.05, 4.69) is 9.71 Å². The van der Waals surface area contributed by atoms with Crippen LogP contribution in [-0.2, 0) is 21.2 Å². The van der Waals surface area contributed by atoms with E-state index in [-0.39, 0.29) is 22.8 Å². The quantitative estimate of drug-likeness (QED) is 0.423. The number of fused-ring (bicyclic) bond motifs is 1. The molecule has 0 unspecified atom stereocenters. The molecule has 30 heavy (non-hydrogen) atoms. The Kier molecular flexibility index (Phi) is 6.38. The summed E-state index contributed by atoms with van der Waals surface area (Å²) >= 11 is 0. The molecule has 3 aromatic rings. The number of ketones is 1. The lowest BCUT2D eigenvalue weighted by atomic mass is 10.1. The Morgan fingerprint density at radius 1 is 1.10 bits per heavy atom. The minimum Gasteiger partial charge on any atom is -0.454 e. The van der Waals surface area contributed by atoms with Crippen LogP contribution in [0.5, 0.6) is 0 Å². The molecule has 2 aromatic carbocycles. The Balaban J connectivity index is 1.78. The molecule has 0 spiro atoms. The lowest BCUT2D eigenvalue weighted by Crippen LogP contribution is -2.23. The van der Waals surface area contributed by atoms with Gasteiger partial charge in [0.25, 0.3) is 0 Å². The van der Waals surface area contributed by atoms with Gasteiger partial charge in [0.2, 0.25) is 15.8 Å². The molecular formula is C22H24N2O5S. The van der Waals surface area contributed by atoms with Crippen molar-refractivity contribution in [2.75, 3.05) is 13.2 Å². The van der Waals surface area contributed by atoms with Gasteiger partial charge >= 0.3 is 5.97 Å². The van der Waals surface area contributed by atoms with Crippen LogP contribution < -0.4 is 4.72 Å². The van der Waals surface area contributed by atoms with Gasteiger partial charge in [0.05, 0.1) is 10.5 Å². The van der Waals surface area contributed by atoms with Gasteiger partial charge in [0.15, 0.2) is 6.61 Å². The zero-order chi connectivity index (χ0) is 21.9. The van der Waals surface area contributed by atoms with Crippen molar-refractivity contribution in [1.29, 1.82) is 0 Å². The number of ether oxygens (including phenoxy) is 1. The topological polar surface area (TPSA) is 105 Å². The highest BCUT2D eigenvalue weighted by atomic mass is 32.2. The number of hydrogen-bond donors (Lipinski definition) is 2. The number of nitrogens with one attached hydrogen (secondary N) is 2. The van der Waals surface area contributed by atoms with Crippen LogP contribution in [0.2, 0.25) is 0 Å². The molecule has 0 aliphatic rings. The van der Waals surface area contributed by atoms with Crippen LogP contribution in [0.1, 0.15) is 45.7 Å². The second-order valence-electron chi connectivity index (χ2n) is 6.87. The lowest BCUT2D eigenvalue weighted by molar-refractivity contribution is 0.0474. The Morgan fingerprint density at radius 2 is 1.87 bits per heavy atom. The average molecular weight is 429 g/mol. The molecular weight excluding hydrogens is 404 g/mol. The molecule has 0 amide bonds. The van der Waals surface area contributed by atoms with Crippen molar-refractivity contribution in [3.05, 3.63) is 64.8 Å². The molecule has 0 bridgehead atoms. The minimum absolute atomic E-state index is 0.0306. The summed E-state index contributed by atoms with van der Waals surface area (Å²) in [7, 11) is -3.71. The van der Waals surface area contributed by atoms with Gasteiger partial charge in [0.1, 0.15) is 0 Å². The van der Waals surface area contributed by atoms with Crippen molar-refractivity contribution in [1.82, 2.24) is 9.71 Å². The summed E-state index contributed by atoms with van der Waals surface area (Å²) in [6, 6.07) is 9.95. The van der Waals surface area contributed by atoms with Crippen LogP contribution >= 0.6 is 0 Å². The second-order valence-corrected chi connectivity index (χ2v) is 8.64. The van der Waals surface area contributed by atoms with Gasteiger partial charge in [-0.1, -0.05) is 38.1 Å². The number of rotatable bonds is 8. The number of Topliss-reactive ketones (excluding diaryl/α,β-unsaturated/α-hetero) is 1. The van der Waals surface area contributed by atoms with E-state index < -0.39 is 22.6 Å². The summed E-state index contributed by atoms with van der Waals surface area (Å²) in [5, 5.41) is 0.783. The number of carbonyl (C=O) groups is 2. The van der Waals surface area contributed by atoms with Crippen molar-refractivity contribution >= 4 is 32.7 Å². The summed E-state index contributed by atoms with van der Waals surface area (Å²) in [5.74, 6) is -1.08. The fourth-order valence-electron chi connectivity index (χ4n) is 3.29. The predicted octanol–water partition coefficient (Wildman–Crippen LogP) is 3.38. The minimum atomic E-state index is -3.71. The van der Waals surface area contributed by atoms with E-state index in [4.69, 9.17) is 4.74 Å². The third kappa shape index (κ3) is 4.29. The highest BCUT2D eigenvalue weighted by molar-refractivity contribution is 7.89. The zero-order valence-electron chi connectivity index (χ0n) is 17.1. The fraction of sp³-hybridized carbons (Fsp3) is 0.273. The number of H-pyrrole nitrogens is 1. The third-order valence-electron chi connectivity index (χ3n) is 4.89. The molecule has 0 atom stereocenters. The summed E-state index contributed by atoms with van der Waals surface area (Å²) in [6.45, 7) is 5.17. The number of aryl methyl sites for hydroxylation is 2. The Labute approximate surface area is 175 Å². The zero-order valence-corrected chi connectivity index (χ0v) is 17.9. The standard InChI is InChI=1S/C22H24N2O5S/c1-4-15-7-6-8-17-19(12-23-21(15)17)20(25)13-29-22(26)18-11-16(10-9-14(18)3)30(27,28)24-5-2/h6-12,23-24H,4-5,13H2,1-3H3. The van der Waals surface area contributed by atoms with Crippen molar-refractivity contribution in [2.24, 2.45) is 0 Å². The van der Waals surface area contributed by atoms with Crippen LogP contribution in [-0.4, -0.2) is 38.3 Å². The SMILES string of the molecule is CCNS(=O)(=O)c1ccc(C)c(C(=O)OCC(=O)c2c[nH]c3c(CC)cccc23)c1. The number of sulfonamides is 1. The van der Waals surface area contributed by atoms with E-state index >= 15 is 0 Å². The van der Waals surface area contributed by atoms with Gasteiger partial charge in [-0.25, -0.2) is 17.9 Å². The lowest BCUT2D eigenvalue weighted by Gasteiger charge is -2.10. The maximum Gasteiger partial charge on any atom is 0.338 e. The molecule has 0 aliphatic heterocycles. The first kappa shape index (κ1) is 21.7. The highest BCUT2D eigenvalue weighted by Gasteiger charge is 2.20. The molecule has 8 heteroatoms. The molecule has 0 aliphatic carbocycles. The molecule has 2 N–H and O–H groups in total. The highest BCUT2D eigenvalue weighted by Crippen LogP contribution is 2.23. The number of benzene rings is 2. The third-order valence-corrected chi connectivity index (χ3v) is 6.43. The first-order chi connectivity index (χ1) is 14.3. The molecule has 7 nitrogen and oxygen atoms in total. The maximum atomic E-state index is 12.6. The molecule has 0 saturated carbocycles. The largest absolute Gasteiger partial charge is 0.454 e. The number of carbonyl (C=O) groups excluding carboxylic acids is 2. The molecule has 0 fully saturated rings. The molecule has 1 heterocycles. The summed E-state index contributed by atoms with van der Waals surface area (Å²) in [4.78, 5) is 28.3. The summed E-state index contributed by atoms with van der Waals surface area (Å²) in [6.07, 6.45) is 2.45. The normalized spacial score (nSPS) is 11.6. The van der Waals surface area contributed by atoms with Gasteiger partial charge in [-0.05, 0) is 36.6 Å². The van der Waals surface area contributed by atoms with Crippen molar-refractivity contribution in [2.45, 2.75) is 32.1 Å². The second kappa shape index (κ2) is 8.81. The van der Waals surface area contributed by atoms with E-state index in [1.807, 2.05) is 25.1 Å². The molecule has 0 saturated heterocycles. The van der Waals surface area contributed by atoms with E-state index in [1.54, 1.807) is 20.0 Å². The Hall–Kier alpha value is -2.97. The number of aromatic nitrogens is 1.